The van der Waals surface area contributed by atoms with E-state index in [-0.39, 0.29) is 6.10 Å². The van der Waals surface area contributed by atoms with E-state index in [1.54, 1.807) is 6.07 Å². The van der Waals surface area contributed by atoms with Crippen molar-refractivity contribution in [1.29, 1.82) is 5.26 Å². The zero-order valence-corrected chi connectivity index (χ0v) is 22.3. The van der Waals surface area contributed by atoms with Crippen LogP contribution in [0.25, 0.3) is 11.4 Å². The van der Waals surface area contributed by atoms with E-state index in [4.69, 9.17) is 9.47 Å². The van der Waals surface area contributed by atoms with Crippen molar-refractivity contribution in [3.8, 4) is 23.2 Å². The van der Waals surface area contributed by atoms with E-state index in [2.05, 4.69) is 60.2 Å². The van der Waals surface area contributed by atoms with Gasteiger partial charge >= 0.3 is 0 Å². The first-order valence-corrected chi connectivity index (χ1v) is 13.7. The Morgan fingerprint density at radius 1 is 1.03 bits per heavy atom. The second kappa shape index (κ2) is 11.5. The molecule has 6 rings (SSSR count). The van der Waals surface area contributed by atoms with Crippen molar-refractivity contribution in [1.82, 2.24) is 24.8 Å². The molecule has 10 nitrogen and oxygen atoms in total. The van der Waals surface area contributed by atoms with E-state index >= 15 is 0 Å². The summed E-state index contributed by atoms with van der Waals surface area (Å²) >= 11 is 0. The van der Waals surface area contributed by atoms with Crippen LogP contribution >= 0.6 is 0 Å². The molecule has 3 fully saturated rings. The van der Waals surface area contributed by atoms with Gasteiger partial charge < -0.3 is 24.6 Å². The summed E-state index contributed by atoms with van der Waals surface area (Å²) in [6, 6.07) is 16.8. The summed E-state index contributed by atoms with van der Waals surface area (Å²) in [6.07, 6.45) is 3.67. The second-order valence-corrected chi connectivity index (χ2v) is 10.5. The van der Waals surface area contributed by atoms with E-state index in [1.807, 2.05) is 24.3 Å². The molecule has 3 aliphatic heterocycles. The van der Waals surface area contributed by atoms with E-state index in [0.717, 1.165) is 76.6 Å². The van der Waals surface area contributed by atoms with E-state index in [9.17, 15) is 5.26 Å². The third-order valence-electron chi connectivity index (χ3n) is 7.74. The number of ether oxygens (including phenoxy) is 2. The summed E-state index contributed by atoms with van der Waals surface area (Å²) < 4.78 is 11.5. The molecule has 3 aromatic rings. The third-order valence-corrected chi connectivity index (χ3v) is 7.74. The number of rotatable bonds is 7. The molecule has 3 aliphatic rings. The molecule has 0 amide bonds. The molecule has 0 radical (unpaired) electrons. The minimum absolute atomic E-state index is 0.0908. The average molecular weight is 527 g/mol. The molecule has 39 heavy (non-hydrogen) atoms. The van der Waals surface area contributed by atoms with Crippen LogP contribution in [0.2, 0.25) is 0 Å². The molecule has 202 valence electrons. The number of aromatic nitrogens is 3. The second-order valence-electron chi connectivity index (χ2n) is 10.5. The zero-order valence-electron chi connectivity index (χ0n) is 22.3. The number of likely N-dealkylation sites (N-methyl/N-ethyl adjacent to an activating group) is 1. The number of likely N-dealkylation sites (tertiary alicyclic amines) is 1. The minimum Gasteiger partial charge on any atom is -0.488 e. The summed E-state index contributed by atoms with van der Waals surface area (Å²) in [5.74, 6) is 1.56. The van der Waals surface area contributed by atoms with E-state index in [0.29, 0.717) is 29.1 Å². The first-order valence-electron chi connectivity index (χ1n) is 13.7. The zero-order chi connectivity index (χ0) is 26.6. The summed E-state index contributed by atoms with van der Waals surface area (Å²) in [7, 11) is 2.10. The summed E-state index contributed by atoms with van der Waals surface area (Å²) in [5.41, 5.74) is 3.34. The van der Waals surface area contributed by atoms with Crippen molar-refractivity contribution in [3.63, 3.8) is 0 Å². The molecule has 0 saturated carbocycles. The van der Waals surface area contributed by atoms with Gasteiger partial charge in [0.05, 0.1) is 24.8 Å². The number of hydrogen-bond donors (Lipinski definition) is 1. The third kappa shape index (κ3) is 5.96. The Bertz CT molecular complexity index is 1320. The fraction of sp³-hybridized carbons (Fsp3) is 0.448. The Kier molecular flexibility index (Phi) is 7.54. The van der Waals surface area contributed by atoms with Crippen LogP contribution in [-0.4, -0.2) is 96.4 Å². The van der Waals surface area contributed by atoms with Gasteiger partial charge in [0.25, 0.3) is 0 Å². The number of anilines is 3. The molecule has 0 bridgehead atoms. The van der Waals surface area contributed by atoms with Crippen LogP contribution < -0.4 is 15.0 Å². The van der Waals surface area contributed by atoms with Gasteiger partial charge in [-0.1, -0.05) is 0 Å². The molecular formula is C29H34N8O2. The molecule has 1 aromatic heterocycles. The smallest absolute Gasteiger partial charge is 0.230 e. The number of nitriles is 1. The molecule has 1 unspecified atom stereocenters. The number of piperidine rings is 1. The van der Waals surface area contributed by atoms with Gasteiger partial charge in [0.15, 0.2) is 5.82 Å². The highest BCUT2D eigenvalue weighted by molar-refractivity contribution is 5.64. The predicted molar refractivity (Wildman–Crippen MR) is 149 cm³/mol. The highest BCUT2D eigenvalue weighted by Crippen LogP contribution is 2.28. The first-order chi connectivity index (χ1) is 19.1. The summed E-state index contributed by atoms with van der Waals surface area (Å²) in [6.45, 7) is 7.87. The number of nitrogens with one attached hydrogen (secondary N) is 1. The van der Waals surface area contributed by atoms with Crippen molar-refractivity contribution in [3.05, 3.63) is 54.4 Å². The van der Waals surface area contributed by atoms with Crippen molar-refractivity contribution < 1.29 is 9.47 Å². The van der Waals surface area contributed by atoms with Crippen molar-refractivity contribution >= 4 is 17.3 Å². The van der Waals surface area contributed by atoms with Crippen molar-refractivity contribution in [2.45, 2.75) is 25.0 Å². The van der Waals surface area contributed by atoms with Crippen molar-refractivity contribution in [2.24, 2.45) is 0 Å². The lowest BCUT2D eigenvalue weighted by atomic mass is 10.1. The monoisotopic (exact) mass is 526 g/mol. The highest BCUT2D eigenvalue weighted by Gasteiger charge is 2.29. The molecule has 0 spiro atoms. The van der Waals surface area contributed by atoms with Gasteiger partial charge in [0.1, 0.15) is 24.3 Å². The highest BCUT2D eigenvalue weighted by atomic mass is 16.5. The van der Waals surface area contributed by atoms with Gasteiger partial charge in [-0.3, -0.25) is 4.90 Å². The summed E-state index contributed by atoms with van der Waals surface area (Å²) in [4.78, 5) is 20.5. The molecule has 3 saturated heterocycles. The molecule has 4 heterocycles. The number of nitrogens with zero attached hydrogens (tertiary/aromatic N) is 7. The fourth-order valence-electron chi connectivity index (χ4n) is 5.41. The largest absolute Gasteiger partial charge is 0.488 e. The fourth-order valence-corrected chi connectivity index (χ4v) is 5.41. The van der Waals surface area contributed by atoms with Gasteiger partial charge in [-0.25, -0.2) is 9.97 Å². The normalized spacial score (nSPS) is 20.7. The Hall–Kier alpha value is -3.78. The molecule has 10 heteroatoms. The van der Waals surface area contributed by atoms with Crippen LogP contribution in [0.1, 0.15) is 18.4 Å². The van der Waals surface area contributed by atoms with Crippen LogP contribution in [0, 0.1) is 11.3 Å². The Morgan fingerprint density at radius 2 is 1.85 bits per heavy atom. The Labute approximate surface area is 229 Å². The number of benzene rings is 2. The Morgan fingerprint density at radius 3 is 2.56 bits per heavy atom. The van der Waals surface area contributed by atoms with Crippen LogP contribution in [0.5, 0.6) is 5.75 Å². The van der Waals surface area contributed by atoms with Gasteiger partial charge in [0, 0.05) is 49.7 Å². The van der Waals surface area contributed by atoms with Crippen LogP contribution in [-0.2, 0) is 4.74 Å². The van der Waals surface area contributed by atoms with Gasteiger partial charge in [0.2, 0.25) is 5.95 Å². The maximum Gasteiger partial charge on any atom is 0.230 e. The SMILES string of the molecule is CN1CCCC(Oc2ccc(-c3ncnc(Nc4ccc(N5CCN(C6COC6)CC5)cc4)n3)cc2C#N)C1. The van der Waals surface area contributed by atoms with Gasteiger partial charge in [-0.2, -0.15) is 10.2 Å². The van der Waals surface area contributed by atoms with Gasteiger partial charge in [-0.05, 0) is 68.9 Å². The minimum atomic E-state index is 0.0908. The predicted octanol–water partition coefficient (Wildman–Crippen LogP) is 3.15. The molecule has 2 aromatic carbocycles. The quantitative estimate of drug-likeness (QED) is 0.494. The van der Waals surface area contributed by atoms with Crippen LogP contribution in [0.4, 0.5) is 17.3 Å². The molecular weight excluding hydrogens is 492 g/mol. The lowest BCUT2D eigenvalue weighted by Crippen LogP contribution is -2.56. The maximum absolute atomic E-state index is 9.77. The lowest BCUT2D eigenvalue weighted by Gasteiger charge is -2.43. The summed E-state index contributed by atoms with van der Waals surface area (Å²) in [5, 5.41) is 13.1. The number of piperazine rings is 1. The Balaban J connectivity index is 1.09. The van der Waals surface area contributed by atoms with E-state index < -0.39 is 0 Å². The first kappa shape index (κ1) is 25.5. The van der Waals surface area contributed by atoms with Crippen LogP contribution in [0.3, 0.4) is 0 Å². The number of hydrogen-bond acceptors (Lipinski definition) is 10. The lowest BCUT2D eigenvalue weighted by molar-refractivity contribution is -0.0660. The van der Waals surface area contributed by atoms with E-state index in [1.165, 1.54) is 12.0 Å². The average Bonchev–Trinajstić information content (AvgIpc) is 2.93. The topological polar surface area (TPSA) is 103 Å². The van der Waals surface area contributed by atoms with Crippen LogP contribution in [0.15, 0.2) is 48.8 Å². The van der Waals surface area contributed by atoms with Gasteiger partial charge in [-0.15, -0.1) is 0 Å². The van der Waals surface area contributed by atoms with Crippen molar-refractivity contribution in [2.75, 3.05) is 69.7 Å². The molecule has 0 aliphatic carbocycles. The molecule has 1 N–H and O–H groups in total. The standard InChI is InChI=1S/C29H34N8O2/c1-35-10-2-3-26(17-35)39-27-9-4-21(15-22(27)16-30)28-31-20-32-29(34-28)33-23-5-7-24(8-6-23)36-11-13-37(14-12-36)25-18-38-19-25/h4-9,15,20,25-26H,2-3,10-14,17-19H2,1H3,(H,31,32,33,34). The maximum atomic E-state index is 9.77. The molecule has 1 atom stereocenters.